The highest BCUT2D eigenvalue weighted by atomic mass is 79.9. The Morgan fingerprint density at radius 2 is 2.17 bits per heavy atom. The summed E-state index contributed by atoms with van der Waals surface area (Å²) in [6, 6.07) is 5.86. The maximum Gasteiger partial charge on any atom is 0.253 e. The fourth-order valence-electron chi connectivity index (χ4n) is 2.11. The van der Waals surface area contributed by atoms with Crippen LogP contribution in [0.1, 0.15) is 32.3 Å². The molecule has 0 bridgehead atoms. The molecule has 96 valence electrons. The summed E-state index contributed by atoms with van der Waals surface area (Å²) in [5.74, 6) is 0.596. The van der Waals surface area contributed by atoms with Gasteiger partial charge in [-0.2, -0.15) is 5.10 Å². The quantitative estimate of drug-likeness (QED) is 0.833. The normalized spacial score (nSPS) is 15.5. The van der Waals surface area contributed by atoms with Gasteiger partial charge in [0.15, 0.2) is 0 Å². The number of hydrogen-bond acceptors (Lipinski definition) is 2. The minimum absolute atomic E-state index is 0.0658. The number of aryl methyl sites for hydroxylation is 1. The van der Waals surface area contributed by atoms with Crippen LogP contribution in [0.2, 0.25) is 0 Å². The fraction of sp³-hybridized carbons (Fsp3) is 0.429. The van der Waals surface area contributed by atoms with E-state index in [4.69, 9.17) is 0 Å². The molecule has 1 amide bonds. The third kappa shape index (κ3) is 2.80. The Kier molecular flexibility index (Phi) is 3.85. The van der Waals surface area contributed by atoms with Crippen LogP contribution in [0, 0.1) is 12.8 Å². The van der Waals surface area contributed by atoms with Crippen LogP contribution < -0.4 is 5.01 Å². The summed E-state index contributed by atoms with van der Waals surface area (Å²) in [6.07, 6.45) is 1.34. The zero-order valence-corrected chi connectivity index (χ0v) is 12.5. The molecule has 0 saturated heterocycles. The lowest BCUT2D eigenvalue weighted by molar-refractivity contribution is -0.116. The number of benzene rings is 1. The fourth-order valence-corrected chi connectivity index (χ4v) is 2.59. The summed E-state index contributed by atoms with van der Waals surface area (Å²) in [4.78, 5) is 12.0. The first-order chi connectivity index (χ1) is 8.47. The summed E-state index contributed by atoms with van der Waals surface area (Å²) in [5.41, 5.74) is 2.91. The maximum atomic E-state index is 12.0. The predicted molar refractivity (Wildman–Crippen MR) is 77.9 cm³/mol. The van der Waals surface area contributed by atoms with Crippen LogP contribution in [0.3, 0.4) is 0 Å². The molecule has 0 saturated carbocycles. The van der Waals surface area contributed by atoms with Gasteiger partial charge in [-0.05, 0) is 43.0 Å². The Morgan fingerprint density at radius 3 is 2.78 bits per heavy atom. The van der Waals surface area contributed by atoms with E-state index < -0.39 is 0 Å². The number of rotatable bonds is 3. The number of hydrazone groups is 1. The Bertz CT molecular complexity index is 509. The minimum atomic E-state index is 0.0658. The lowest BCUT2D eigenvalue weighted by atomic mass is 10.1. The van der Waals surface area contributed by atoms with Gasteiger partial charge >= 0.3 is 0 Å². The van der Waals surface area contributed by atoms with E-state index in [0.717, 1.165) is 27.9 Å². The summed E-state index contributed by atoms with van der Waals surface area (Å²) in [6.45, 7) is 6.27. The molecule has 1 aliphatic rings. The van der Waals surface area contributed by atoms with E-state index >= 15 is 0 Å². The Morgan fingerprint density at radius 1 is 1.44 bits per heavy atom. The summed E-state index contributed by atoms with van der Waals surface area (Å²) >= 11 is 3.43. The maximum absolute atomic E-state index is 12.0. The lowest BCUT2D eigenvalue weighted by Crippen LogP contribution is -2.20. The average molecular weight is 309 g/mol. The molecule has 3 nitrogen and oxygen atoms in total. The predicted octanol–water partition coefficient (Wildman–Crippen LogP) is 3.90. The first kappa shape index (κ1) is 13.3. The second kappa shape index (κ2) is 5.22. The van der Waals surface area contributed by atoms with E-state index in [2.05, 4.69) is 34.9 Å². The second-order valence-electron chi connectivity index (χ2n) is 5.08. The lowest BCUT2D eigenvalue weighted by Gasteiger charge is -2.14. The minimum Gasteiger partial charge on any atom is -0.272 e. The SMILES string of the molecule is Cc1cc(Br)ccc1N1N=C(CC(C)C)CC1=O. The van der Waals surface area contributed by atoms with Crippen LogP contribution in [0.25, 0.3) is 0 Å². The number of halogens is 1. The van der Waals surface area contributed by atoms with Gasteiger partial charge in [0.1, 0.15) is 0 Å². The van der Waals surface area contributed by atoms with Gasteiger partial charge in [0.2, 0.25) is 0 Å². The molecular formula is C14H17BrN2O. The number of carbonyl (C=O) groups is 1. The molecule has 2 rings (SSSR count). The molecule has 1 aromatic rings. The van der Waals surface area contributed by atoms with Gasteiger partial charge in [-0.1, -0.05) is 29.8 Å². The summed E-state index contributed by atoms with van der Waals surface area (Å²) in [5, 5.41) is 6.00. The third-order valence-electron chi connectivity index (χ3n) is 2.86. The van der Waals surface area contributed by atoms with Gasteiger partial charge in [0.05, 0.1) is 12.1 Å². The van der Waals surface area contributed by atoms with Crippen molar-refractivity contribution in [2.75, 3.05) is 5.01 Å². The first-order valence-corrected chi connectivity index (χ1v) is 6.92. The number of anilines is 1. The molecule has 0 aliphatic carbocycles. The van der Waals surface area contributed by atoms with Gasteiger partial charge in [0, 0.05) is 10.2 Å². The zero-order valence-electron chi connectivity index (χ0n) is 10.9. The van der Waals surface area contributed by atoms with Gasteiger partial charge in [-0.25, -0.2) is 5.01 Å². The molecule has 4 heteroatoms. The summed E-state index contributed by atoms with van der Waals surface area (Å²) < 4.78 is 1.02. The molecule has 0 aromatic heterocycles. The van der Waals surface area contributed by atoms with Crippen LogP contribution in [0.5, 0.6) is 0 Å². The number of carbonyl (C=O) groups excluding carboxylic acids is 1. The van der Waals surface area contributed by atoms with E-state index in [9.17, 15) is 4.79 Å². The van der Waals surface area contributed by atoms with Crippen molar-refractivity contribution >= 4 is 33.2 Å². The molecule has 0 atom stereocenters. The highest BCUT2D eigenvalue weighted by Gasteiger charge is 2.26. The molecule has 1 heterocycles. The van der Waals surface area contributed by atoms with Crippen LogP contribution in [-0.4, -0.2) is 11.6 Å². The highest BCUT2D eigenvalue weighted by molar-refractivity contribution is 9.10. The van der Waals surface area contributed by atoms with Crippen LogP contribution >= 0.6 is 15.9 Å². The van der Waals surface area contributed by atoms with Crippen molar-refractivity contribution in [3.05, 3.63) is 28.2 Å². The van der Waals surface area contributed by atoms with E-state index in [1.54, 1.807) is 5.01 Å². The number of amides is 1. The highest BCUT2D eigenvalue weighted by Crippen LogP contribution is 2.28. The van der Waals surface area contributed by atoms with Crippen molar-refractivity contribution in [2.24, 2.45) is 11.0 Å². The third-order valence-corrected chi connectivity index (χ3v) is 3.36. The van der Waals surface area contributed by atoms with Crippen LogP contribution in [-0.2, 0) is 4.79 Å². The Hall–Kier alpha value is -1.16. The average Bonchev–Trinajstić information content (AvgIpc) is 2.58. The summed E-state index contributed by atoms with van der Waals surface area (Å²) in [7, 11) is 0. The van der Waals surface area contributed by atoms with E-state index in [1.165, 1.54) is 0 Å². The Labute approximate surface area is 116 Å². The zero-order chi connectivity index (χ0) is 13.3. The molecule has 1 aliphatic heterocycles. The molecule has 0 N–H and O–H groups in total. The number of nitrogens with zero attached hydrogens (tertiary/aromatic N) is 2. The van der Waals surface area contributed by atoms with E-state index in [1.807, 2.05) is 25.1 Å². The smallest absolute Gasteiger partial charge is 0.253 e. The van der Waals surface area contributed by atoms with E-state index in [-0.39, 0.29) is 5.91 Å². The van der Waals surface area contributed by atoms with Gasteiger partial charge < -0.3 is 0 Å². The van der Waals surface area contributed by atoms with Gasteiger partial charge in [0.25, 0.3) is 5.91 Å². The molecule has 1 aromatic carbocycles. The van der Waals surface area contributed by atoms with Crippen LogP contribution in [0.15, 0.2) is 27.8 Å². The molecule has 18 heavy (non-hydrogen) atoms. The molecule has 0 fully saturated rings. The molecule has 0 spiro atoms. The topological polar surface area (TPSA) is 32.7 Å². The molecule has 0 unspecified atom stereocenters. The second-order valence-corrected chi connectivity index (χ2v) is 5.99. The Balaban J connectivity index is 2.27. The van der Waals surface area contributed by atoms with Crippen molar-refractivity contribution in [2.45, 2.75) is 33.6 Å². The molecule has 0 radical (unpaired) electrons. The van der Waals surface area contributed by atoms with Gasteiger partial charge in [-0.3, -0.25) is 4.79 Å². The van der Waals surface area contributed by atoms with Gasteiger partial charge in [-0.15, -0.1) is 0 Å². The molecular weight excluding hydrogens is 292 g/mol. The van der Waals surface area contributed by atoms with Crippen molar-refractivity contribution in [3.8, 4) is 0 Å². The van der Waals surface area contributed by atoms with Crippen molar-refractivity contribution in [3.63, 3.8) is 0 Å². The standard InChI is InChI=1S/C14H17BrN2O/c1-9(2)6-12-8-14(18)17(16-12)13-5-4-11(15)7-10(13)3/h4-5,7,9H,6,8H2,1-3H3. The first-order valence-electron chi connectivity index (χ1n) is 6.13. The number of hydrogen-bond donors (Lipinski definition) is 0. The van der Waals surface area contributed by atoms with Crippen molar-refractivity contribution in [1.29, 1.82) is 0 Å². The van der Waals surface area contributed by atoms with E-state index in [0.29, 0.717) is 12.3 Å². The largest absolute Gasteiger partial charge is 0.272 e. The van der Waals surface area contributed by atoms with Crippen molar-refractivity contribution < 1.29 is 4.79 Å². The van der Waals surface area contributed by atoms with Crippen LogP contribution in [0.4, 0.5) is 5.69 Å². The van der Waals surface area contributed by atoms with Crippen molar-refractivity contribution in [1.82, 2.24) is 0 Å². The monoisotopic (exact) mass is 308 g/mol.